The van der Waals surface area contributed by atoms with Crippen LogP contribution >= 0.6 is 0 Å². The first-order valence-corrected chi connectivity index (χ1v) is 5.32. The van der Waals surface area contributed by atoms with Crippen LogP contribution in [0, 0.1) is 0 Å². The van der Waals surface area contributed by atoms with Crippen LogP contribution in [-0.4, -0.2) is 19.2 Å². The van der Waals surface area contributed by atoms with Crippen LogP contribution in [0.25, 0.3) is 0 Å². The minimum atomic E-state index is -0.307. The van der Waals surface area contributed by atoms with E-state index >= 15 is 0 Å². The van der Waals surface area contributed by atoms with Gasteiger partial charge < -0.3 is 10.1 Å². The van der Waals surface area contributed by atoms with E-state index < -0.39 is 0 Å². The number of amides is 1. The second kappa shape index (κ2) is 10.1. The summed E-state index contributed by atoms with van der Waals surface area (Å²) in [5, 5.41) is 2.69. The Morgan fingerprint density at radius 3 is 2.71 bits per heavy atom. The van der Waals surface area contributed by atoms with Crippen molar-refractivity contribution >= 4 is 6.09 Å². The Morgan fingerprint density at radius 1 is 1.36 bits per heavy atom. The number of ether oxygens (including phenoxy) is 1. The van der Waals surface area contributed by atoms with E-state index in [-0.39, 0.29) is 6.09 Å². The van der Waals surface area contributed by atoms with Gasteiger partial charge in [0.25, 0.3) is 0 Å². The number of unbranched alkanes of at least 4 members (excludes halogenated alkanes) is 4. The highest BCUT2D eigenvalue weighted by Crippen LogP contribution is 2.02. The van der Waals surface area contributed by atoms with Gasteiger partial charge in [0.1, 0.15) is 0 Å². The first-order valence-electron chi connectivity index (χ1n) is 5.32. The number of hydrogen-bond acceptors (Lipinski definition) is 2. The second-order valence-corrected chi connectivity index (χ2v) is 3.14. The molecule has 0 aliphatic rings. The van der Waals surface area contributed by atoms with Gasteiger partial charge in [-0.25, -0.2) is 4.79 Å². The standard InChI is InChI=1S/C11H21NO2/c1-3-5-6-7-8-9-10-12-11(13)14-4-2/h3H,1,4-10H2,2H3,(H,12,13). The third-order valence-corrected chi connectivity index (χ3v) is 1.88. The zero-order valence-corrected chi connectivity index (χ0v) is 9.05. The zero-order valence-electron chi connectivity index (χ0n) is 9.05. The van der Waals surface area contributed by atoms with Crippen molar-refractivity contribution in [2.75, 3.05) is 13.2 Å². The Bertz CT molecular complexity index is 157. The normalized spacial score (nSPS) is 9.50. The average molecular weight is 199 g/mol. The number of rotatable bonds is 8. The van der Waals surface area contributed by atoms with E-state index in [9.17, 15) is 4.79 Å². The molecule has 3 nitrogen and oxygen atoms in total. The maximum Gasteiger partial charge on any atom is 0.407 e. The van der Waals surface area contributed by atoms with E-state index in [1.807, 2.05) is 6.08 Å². The van der Waals surface area contributed by atoms with Gasteiger partial charge >= 0.3 is 6.09 Å². The minimum absolute atomic E-state index is 0.307. The van der Waals surface area contributed by atoms with Gasteiger partial charge in [-0.05, 0) is 26.2 Å². The lowest BCUT2D eigenvalue weighted by Crippen LogP contribution is -2.25. The summed E-state index contributed by atoms with van der Waals surface area (Å²) in [7, 11) is 0. The minimum Gasteiger partial charge on any atom is -0.450 e. The monoisotopic (exact) mass is 199 g/mol. The summed E-state index contributed by atoms with van der Waals surface area (Å²) >= 11 is 0. The van der Waals surface area contributed by atoms with Gasteiger partial charge in [0.2, 0.25) is 0 Å². The number of carbonyl (C=O) groups excluding carboxylic acids is 1. The third kappa shape index (κ3) is 9.10. The number of carbonyl (C=O) groups is 1. The van der Waals surface area contributed by atoms with Crippen molar-refractivity contribution in [3.8, 4) is 0 Å². The Labute approximate surface area is 86.5 Å². The summed E-state index contributed by atoms with van der Waals surface area (Å²) in [6, 6.07) is 0. The topological polar surface area (TPSA) is 38.3 Å². The van der Waals surface area contributed by atoms with E-state index in [1.54, 1.807) is 6.92 Å². The Hall–Kier alpha value is -0.990. The van der Waals surface area contributed by atoms with E-state index in [2.05, 4.69) is 11.9 Å². The molecule has 1 amide bonds. The number of allylic oxidation sites excluding steroid dienone is 1. The van der Waals surface area contributed by atoms with Crippen molar-refractivity contribution in [2.24, 2.45) is 0 Å². The summed E-state index contributed by atoms with van der Waals surface area (Å²) in [5.41, 5.74) is 0. The smallest absolute Gasteiger partial charge is 0.407 e. The summed E-state index contributed by atoms with van der Waals surface area (Å²) in [5.74, 6) is 0. The predicted octanol–water partition coefficient (Wildman–Crippen LogP) is 2.87. The van der Waals surface area contributed by atoms with Gasteiger partial charge in [-0.15, -0.1) is 6.58 Å². The molecule has 0 rings (SSSR count). The van der Waals surface area contributed by atoms with Crippen LogP contribution in [0.4, 0.5) is 4.79 Å². The largest absolute Gasteiger partial charge is 0.450 e. The molecule has 0 heterocycles. The molecule has 0 bridgehead atoms. The molecule has 0 fully saturated rings. The van der Waals surface area contributed by atoms with Crippen LogP contribution in [0.15, 0.2) is 12.7 Å². The van der Waals surface area contributed by atoms with Gasteiger partial charge in [-0.3, -0.25) is 0 Å². The number of alkyl carbamates (subject to hydrolysis) is 1. The molecule has 0 saturated carbocycles. The molecule has 82 valence electrons. The van der Waals surface area contributed by atoms with Gasteiger partial charge in [0.05, 0.1) is 6.61 Å². The number of nitrogens with one attached hydrogen (secondary N) is 1. The lowest BCUT2D eigenvalue weighted by atomic mass is 10.1. The molecule has 0 saturated heterocycles. The van der Waals surface area contributed by atoms with Crippen molar-refractivity contribution in [3.05, 3.63) is 12.7 Å². The van der Waals surface area contributed by atoms with Crippen LogP contribution in [0.3, 0.4) is 0 Å². The summed E-state index contributed by atoms with van der Waals surface area (Å²) in [6.07, 6.45) is 7.30. The molecule has 0 aromatic rings. The first-order chi connectivity index (χ1) is 6.81. The average Bonchev–Trinajstić information content (AvgIpc) is 2.17. The predicted molar refractivity (Wildman–Crippen MR) is 58.3 cm³/mol. The fraction of sp³-hybridized carbons (Fsp3) is 0.727. The Balaban J connectivity index is 3.05. The maximum absolute atomic E-state index is 10.8. The Morgan fingerprint density at radius 2 is 2.07 bits per heavy atom. The fourth-order valence-corrected chi connectivity index (χ4v) is 1.14. The van der Waals surface area contributed by atoms with Crippen molar-refractivity contribution < 1.29 is 9.53 Å². The van der Waals surface area contributed by atoms with Crippen molar-refractivity contribution in [2.45, 2.75) is 39.0 Å². The van der Waals surface area contributed by atoms with Crippen LogP contribution in [0.5, 0.6) is 0 Å². The molecule has 1 N–H and O–H groups in total. The highest BCUT2D eigenvalue weighted by atomic mass is 16.5. The quantitative estimate of drug-likeness (QED) is 0.482. The summed E-state index contributed by atoms with van der Waals surface area (Å²) < 4.78 is 4.72. The van der Waals surface area contributed by atoms with Crippen molar-refractivity contribution in [3.63, 3.8) is 0 Å². The molecule has 0 unspecified atom stereocenters. The summed E-state index contributed by atoms with van der Waals surface area (Å²) in [6.45, 7) is 6.62. The van der Waals surface area contributed by atoms with E-state index in [4.69, 9.17) is 4.74 Å². The van der Waals surface area contributed by atoms with Crippen molar-refractivity contribution in [1.29, 1.82) is 0 Å². The fourth-order valence-electron chi connectivity index (χ4n) is 1.14. The molecular formula is C11H21NO2. The molecule has 0 aromatic carbocycles. The van der Waals surface area contributed by atoms with Gasteiger partial charge in [-0.2, -0.15) is 0 Å². The summed E-state index contributed by atoms with van der Waals surface area (Å²) in [4.78, 5) is 10.8. The van der Waals surface area contributed by atoms with E-state index in [0.717, 1.165) is 19.3 Å². The van der Waals surface area contributed by atoms with Gasteiger partial charge in [0.15, 0.2) is 0 Å². The molecule has 0 aliphatic carbocycles. The van der Waals surface area contributed by atoms with Gasteiger partial charge in [-0.1, -0.05) is 18.9 Å². The van der Waals surface area contributed by atoms with Crippen LogP contribution in [0.1, 0.15) is 39.0 Å². The van der Waals surface area contributed by atoms with Crippen molar-refractivity contribution in [1.82, 2.24) is 5.32 Å². The molecule has 3 heteroatoms. The van der Waals surface area contributed by atoms with Crippen LogP contribution < -0.4 is 5.32 Å². The van der Waals surface area contributed by atoms with E-state index in [0.29, 0.717) is 13.2 Å². The molecule has 0 radical (unpaired) electrons. The molecule has 14 heavy (non-hydrogen) atoms. The highest BCUT2D eigenvalue weighted by molar-refractivity contribution is 5.66. The molecule has 0 atom stereocenters. The zero-order chi connectivity index (χ0) is 10.6. The maximum atomic E-state index is 10.8. The van der Waals surface area contributed by atoms with Gasteiger partial charge in [0, 0.05) is 6.54 Å². The molecule has 0 aliphatic heterocycles. The molecule has 0 aromatic heterocycles. The molecular weight excluding hydrogens is 178 g/mol. The van der Waals surface area contributed by atoms with E-state index in [1.165, 1.54) is 12.8 Å². The molecule has 0 spiro atoms. The lowest BCUT2D eigenvalue weighted by molar-refractivity contribution is 0.152. The Kier molecular flexibility index (Phi) is 9.38. The second-order valence-electron chi connectivity index (χ2n) is 3.14. The SMILES string of the molecule is C=CCCCCCCNC(=O)OCC. The number of hydrogen-bond donors (Lipinski definition) is 1. The third-order valence-electron chi connectivity index (χ3n) is 1.88. The lowest BCUT2D eigenvalue weighted by Gasteiger charge is -2.04. The first kappa shape index (κ1) is 13.0. The van der Waals surface area contributed by atoms with Crippen LogP contribution in [0.2, 0.25) is 0 Å². The highest BCUT2D eigenvalue weighted by Gasteiger charge is 1.97. The van der Waals surface area contributed by atoms with Crippen LogP contribution in [-0.2, 0) is 4.74 Å².